The molecule has 0 atom stereocenters. The van der Waals surface area contributed by atoms with Crippen molar-refractivity contribution in [1.29, 1.82) is 0 Å². The topological polar surface area (TPSA) is 179 Å². The minimum atomic E-state index is -1.19. The van der Waals surface area contributed by atoms with Gasteiger partial charge in [0.25, 0.3) is 0 Å². The Bertz CT molecular complexity index is 875. The summed E-state index contributed by atoms with van der Waals surface area (Å²) in [5.41, 5.74) is 0.879. The van der Waals surface area contributed by atoms with Gasteiger partial charge in [0.1, 0.15) is 0 Å². The molecule has 2 aromatic carbocycles. The normalized spacial score (nSPS) is 9.81. The van der Waals surface area contributed by atoms with E-state index < -0.39 is 23.8 Å². The molecule has 10 nitrogen and oxygen atoms in total. The second-order valence-electron chi connectivity index (χ2n) is 5.37. The molecule has 0 bridgehead atoms. The number of nitrogens with one attached hydrogen (secondary N) is 2. The number of aliphatic carboxylic acids is 2. The second-order valence-corrected chi connectivity index (χ2v) is 5.37. The minimum absolute atomic E-state index is 0. The Morgan fingerprint density at radius 1 is 0.613 bits per heavy atom. The summed E-state index contributed by atoms with van der Waals surface area (Å²) in [6.45, 7) is 0. The van der Waals surface area contributed by atoms with E-state index >= 15 is 0 Å². The van der Waals surface area contributed by atoms with Crippen LogP contribution in [0.2, 0.25) is 0 Å². The predicted molar refractivity (Wildman–Crippen MR) is 103 cm³/mol. The molecular formula is C20H16CoN2O8. The van der Waals surface area contributed by atoms with Crippen LogP contribution in [-0.2, 0) is 36.0 Å². The minimum Gasteiger partial charge on any atom is -0.872 e. The van der Waals surface area contributed by atoms with Gasteiger partial charge in [0.2, 0.25) is 11.8 Å². The summed E-state index contributed by atoms with van der Waals surface area (Å²) in [4.78, 5) is 42.3. The average Bonchev–Trinajstić information content (AvgIpc) is 2.69. The van der Waals surface area contributed by atoms with Crippen LogP contribution in [0.3, 0.4) is 0 Å². The fraction of sp³-hybridized carbons (Fsp3) is 0. The number of benzene rings is 2. The molecule has 0 saturated carbocycles. The second kappa shape index (κ2) is 14.0. The maximum atomic E-state index is 11.1. The number of hydrogen-bond donors (Lipinski definition) is 4. The molecule has 0 aromatic heterocycles. The van der Waals surface area contributed by atoms with Gasteiger partial charge >= 0.3 is 28.7 Å². The van der Waals surface area contributed by atoms with E-state index in [1.54, 1.807) is 0 Å². The van der Waals surface area contributed by atoms with E-state index in [0.29, 0.717) is 11.4 Å². The fourth-order valence-electron chi connectivity index (χ4n) is 1.74. The van der Waals surface area contributed by atoms with Crippen LogP contribution in [0.15, 0.2) is 72.8 Å². The monoisotopic (exact) mass is 471 g/mol. The van der Waals surface area contributed by atoms with Crippen molar-refractivity contribution in [2.75, 3.05) is 10.6 Å². The number of carbonyl (C=O) groups excluding carboxylic acids is 2. The number of carboxylic acid groups (broad SMARTS) is 2. The van der Waals surface area contributed by atoms with Crippen molar-refractivity contribution in [2.45, 2.75) is 0 Å². The Labute approximate surface area is 186 Å². The predicted octanol–water partition coefficient (Wildman–Crippen LogP) is 0.676. The van der Waals surface area contributed by atoms with Crippen molar-refractivity contribution in [3.05, 3.63) is 72.8 Å². The zero-order chi connectivity index (χ0) is 22.5. The molecule has 11 heteroatoms. The summed E-state index contributed by atoms with van der Waals surface area (Å²) in [6, 6.07) is 11.0. The molecule has 2 amide bonds. The molecule has 0 heterocycles. The van der Waals surface area contributed by atoms with Crippen LogP contribution in [0, 0.1) is 0 Å². The van der Waals surface area contributed by atoms with Crippen molar-refractivity contribution in [3.63, 3.8) is 0 Å². The molecule has 0 fully saturated rings. The molecular weight excluding hydrogens is 455 g/mol. The number of carboxylic acids is 2. The zero-order valence-corrected chi connectivity index (χ0v) is 16.6. The van der Waals surface area contributed by atoms with Crippen LogP contribution in [0.4, 0.5) is 11.4 Å². The van der Waals surface area contributed by atoms with Gasteiger partial charge in [0, 0.05) is 35.7 Å². The van der Waals surface area contributed by atoms with Gasteiger partial charge in [-0.3, -0.25) is 9.59 Å². The quantitative estimate of drug-likeness (QED) is 0.444. The van der Waals surface area contributed by atoms with E-state index in [9.17, 15) is 29.4 Å². The molecule has 0 saturated heterocycles. The number of carbonyl (C=O) groups is 4. The average molecular weight is 471 g/mol. The van der Waals surface area contributed by atoms with Crippen molar-refractivity contribution in [2.24, 2.45) is 0 Å². The third-order valence-corrected chi connectivity index (χ3v) is 3.00. The fourth-order valence-corrected chi connectivity index (χ4v) is 1.74. The third kappa shape index (κ3) is 12.9. The molecule has 0 aliphatic rings. The van der Waals surface area contributed by atoms with Gasteiger partial charge in [0.15, 0.2) is 0 Å². The number of amides is 2. The first-order chi connectivity index (χ1) is 14.2. The van der Waals surface area contributed by atoms with Gasteiger partial charge < -0.3 is 31.1 Å². The molecule has 163 valence electrons. The van der Waals surface area contributed by atoms with Crippen molar-refractivity contribution >= 4 is 35.1 Å². The first-order valence-corrected chi connectivity index (χ1v) is 8.14. The molecule has 2 rings (SSSR count). The number of hydrogen-bond acceptors (Lipinski definition) is 6. The summed E-state index contributed by atoms with van der Waals surface area (Å²) in [6.07, 6.45) is 3.26. The van der Waals surface area contributed by atoms with E-state index in [-0.39, 0.29) is 28.3 Å². The van der Waals surface area contributed by atoms with E-state index in [0.717, 1.165) is 24.3 Å². The van der Waals surface area contributed by atoms with Crippen molar-refractivity contribution < 1.29 is 56.4 Å². The van der Waals surface area contributed by atoms with Gasteiger partial charge in [-0.25, -0.2) is 9.59 Å². The SMILES string of the molecule is O=C(O)/C=C\C(=O)Nc1ccc([O-])cc1.O=C(O)/C=C\C(=O)Nc1ccc([O-])cc1.[Co+2]. The zero-order valence-electron chi connectivity index (χ0n) is 15.6. The van der Waals surface area contributed by atoms with E-state index in [4.69, 9.17) is 10.2 Å². The summed E-state index contributed by atoms with van der Waals surface area (Å²) in [7, 11) is 0. The smallest absolute Gasteiger partial charge is 0.872 e. The van der Waals surface area contributed by atoms with Crippen LogP contribution in [0.1, 0.15) is 0 Å². The van der Waals surface area contributed by atoms with Crippen LogP contribution in [0.25, 0.3) is 0 Å². The van der Waals surface area contributed by atoms with Crippen LogP contribution in [0.5, 0.6) is 11.5 Å². The third-order valence-electron chi connectivity index (χ3n) is 3.00. The first-order valence-electron chi connectivity index (χ1n) is 8.14. The van der Waals surface area contributed by atoms with Gasteiger partial charge in [0.05, 0.1) is 0 Å². The van der Waals surface area contributed by atoms with Gasteiger partial charge in [-0.2, -0.15) is 0 Å². The van der Waals surface area contributed by atoms with Crippen LogP contribution in [-0.4, -0.2) is 34.0 Å². The summed E-state index contributed by atoms with van der Waals surface area (Å²) in [5, 5.41) is 42.7. The maximum Gasteiger partial charge on any atom is 2.00 e. The molecule has 0 aliphatic carbocycles. The van der Waals surface area contributed by atoms with Gasteiger partial charge in [-0.15, -0.1) is 11.5 Å². The first kappa shape index (κ1) is 26.9. The Balaban J connectivity index is 0.000000562. The number of rotatable bonds is 6. The molecule has 2 aromatic rings. The number of anilines is 2. The van der Waals surface area contributed by atoms with Crippen molar-refractivity contribution in [3.8, 4) is 11.5 Å². The summed E-state index contributed by atoms with van der Waals surface area (Å²) >= 11 is 0. The summed E-state index contributed by atoms with van der Waals surface area (Å²) < 4.78 is 0. The largest absolute Gasteiger partial charge is 2.00 e. The maximum absolute atomic E-state index is 11.1. The van der Waals surface area contributed by atoms with Gasteiger partial charge in [-0.1, -0.05) is 24.3 Å². The molecule has 0 aliphatic heterocycles. The van der Waals surface area contributed by atoms with Crippen LogP contribution < -0.4 is 20.8 Å². The van der Waals surface area contributed by atoms with E-state index in [1.807, 2.05) is 0 Å². The summed E-state index contributed by atoms with van der Waals surface area (Å²) in [5.74, 6) is -3.82. The van der Waals surface area contributed by atoms with E-state index in [2.05, 4.69) is 10.6 Å². The molecule has 1 radical (unpaired) electrons. The Kier molecular flexibility index (Phi) is 12.1. The Hall–Kier alpha value is -4.09. The Morgan fingerprint density at radius 2 is 0.903 bits per heavy atom. The van der Waals surface area contributed by atoms with Crippen LogP contribution >= 0.6 is 0 Å². The Morgan fingerprint density at radius 3 is 1.16 bits per heavy atom. The van der Waals surface area contributed by atoms with E-state index in [1.165, 1.54) is 48.5 Å². The van der Waals surface area contributed by atoms with Gasteiger partial charge in [-0.05, 0) is 24.3 Å². The molecule has 4 N–H and O–H groups in total. The van der Waals surface area contributed by atoms with Crippen molar-refractivity contribution in [1.82, 2.24) is 0 Å². The standard InChI is InChI=1S/2C10H9NO4.Co/c2*12-8-3-1-7(2-4-8)11-9(13)5-6-10(14)15;/h2*1-6,12H,(H,11,13)(H,14,15);/q;;+2/p-2/b2*6-5-;. The molecule has 0 spiro atoms. The molecule has 0 unspecified atom stereocenters. The molecule has 31 heavy (non-hydrogen) atoms.